The van der Waals surface area contributed by atoms with E-state index in [0.29, 0.717) is 4.34 Å². The van der Waals surface area contributed by atoms with Gasteiger partial charge in [0.2, 0.25) is 0 Å². The lowest BCUT2D eigenvalue weighted by molar-refractivity contribution is 0.564. The average Bonchev–Trinajstić information content (AvgIpc) is 2.11. The van der Waals surface area contributed by atoms with Gasteiger partial charge in [0, 0.05) is 11.2 Å². The van der Waals surface area contributed by atoms with Crippen LogP contribution in [-0.2, 0) is 20.0 Å². The molecule has 1 rings (SSSR count). The maximum Gasteiger partial charge on any atom is 0.180 e. The average molecular weight is 215 g/mol. The molecule has 1 aromatic rings. The highest BCUT2D eigenvalue weighted by atomic mass is 35.5. The van der Waals surface area contributed by atoms with Gasteiger partial charge < -0.3 is 4.55 Å². The third kappa shape index (κ3) is 1.90. The molecule has 0 saturated carbocycles. The summed E-state index contributed by atoms with van der Waals surface area (Å²) < 4.78 is 20.2. The molecule has 2 nitrogen and oxygen atoms in total. The van der Waals surface area contributed by atoms with E-state index in [2.05, 4.69) is 11.2 Å². The van der Waals surface area contributed by atoms with Crippen molar-refractivity contribution in [2.24, 2.45) is 0 Å². The number of thiophene rings is 1. The number of halogens is 1. The molecule has 0 aliphatic carbocycles. The first-order valence-electron chi connectivity index (χ1n) is 2.23. The normalized spacial score (nSPS) is 16.6. The zero-order valence-corrected chi connectivity index (χ0v) is 7.82. The maximum absolute atomic E-state index is 10.7. The first-order valence-corrected chi connectivity index (χ1v) is 5.86. The van der Waals surface area contributed by atoms with Crippen LogP contribution in [0.5, 0.6) is 0 Å². The van der Waals surface area contributed by atoms with Crippen molar-refractivity contribution in [2.45, 2.75) is 4.21 Å². The Hall–Kier alpha value is 0.320. The minimum absolute atomic E-state index is 0.243. The molecule has 1 aromatic heterocycles. The lowest BCUT2D eigenvalue weighted by Crippen LogP contribution is -1.90. The predicted octanol–water partition coefficient (Wildman–Crippen LogP) is 1.98. The van der Waals surface area contributed by atoms with Gasteiger partial charge in [-0.15, -0.1) is 11.3 Å². The monoisotopic (exact) mass is 214 g/mol. The molecule has 1 N–H and O–H groups in total. The summed E-state index contributed by atoms with van der Waals surface area (Å²) in [5.74, 6) is 0. The topological polar surface area (TPSA) is 37.3 Å². The fourth-order valence-electron chi connectivity index (χ4n) is 0.436. The summed E-state index contributed by atoms with van der Waals surface area (Å²) in [6.07, 6.45) is 0. The van der Waals surface area contributed by atoms with Crippen LogP contribution in [0.2, 0.25) is 4.34 Å². The van der Waals surface area contributed by atoms with E-state index in [-0.39, 0.29) is 4.21 Å². The molecule has 0 fully saturated rings. The van der Waals surface area contributed by atoms with Crippen LogP contribution >= 0.6 is 22.9 Å². The molecule has 0 aromatic carbocycles. The molecule has 0 aliphatic rings. The Morgan fingerprint density at radius 3 is 2.50 bits per heavy atom. The van der Waals surface area contributed by atoms with Gasteiger partial charge in [-0.05, 0) is 12.1 Å². The van der Waals surface area contributed by atoms with Crippen molar-refractivity contribution >= 4 is 42.9 Å². The van der Waals surface area contributed by atoms with Crippen molar-refractivity contribution in [1.82, 2.24) is 0 Å². The van der Waals surface area contributed by atoms with Crippen LogP contribution in [0.3, 0.4) is 0 Å². The van der Waals surface area contributed by atoms with Crippen LogP contribution in [0.15, 0.2) is 16.3 Å². The highest BCUT2D eigenvalue weighted by Crippen LogP contribution is 2.25. The Labute approximate surface area is 72.3 Å². The molecule has 6 heteroatoms. The van der Waals surface area contributed by atoms with Gasteiger partial charge in [0.25, 0.3) is 0 Å². The molecular weight excluding hydrogens is 212 g/mol. The van der Waals surface area contributed by atoms with E-state index in [1.165, 1.54) is 6.07 Å². The lowest BCUT2D eigenvalue weighted by atomic mass is 10.7. The van der Waals surface area contributed by atoms with Gasteiger partial charge in [-0.25, -0.2) is 4.21 Å². The van der Waals surface area contributed by atoms with Gasteiger partial charge in [0.15, 0.2) is 8.77 Å². The zero-order valence-electron chi connectivity index (χ0n) is 4.61. The van der Waals surface area contributed by atoms with Crippen LogP contribution in [0.4, 0.5) is 0 Å². The molecule has 56 valence electrons. The largest absolute Gasteiger partial charge is 0.301 e. The maximum atomic E-state index is 10.7. The fourth-order valence-corrected chi connectivity index (χ4v) is 2.75. The highest BCUT2D eigenvalue weighted by molar-refractivity contribution is 8.30. The highest BCUT2D eigenvalue weighted by Gasteiger charge is 2.07. The van der Waals surface area contributed by atoms with E-state index in [9.17, 15) is 4.21 Å². The van der Waals surface area contributed by atoms with E-state index < -0.39 is 8.77 Å². The molecule has 0 spiro atoms. The van der Waals surface area contributed by atoms with Crippen molar-refractivity contribution in [3.8, 4) is 0 Å². The Kier molecular flexibility index (Phi) is 2.31. The summed E-state index contributed by atoms with van der Waals surface area (Å²) in [6, 6.07) is 3.01. The van der Waals surface area contributed by atoms with Crippen molar-refractivity contribution in [2.75, 3.05) is 0 Å². The molecule has 0 saturated heterocycles. The molecule has 1 atom stereocenters. The van der Waals surface area contributed by atoms with Crippen molar-refractivity contribution in [1.29, 1.82) is 0 Å². The van der Waals surface area contributed by atoms with Gasteiger partial charge in [0.1, 0.15) is 4.21 Å². The van der Waals surface area contributed by atoms with E-state index in [1.807, 2.05) is 0 Å². The van der Waals surface area contributed by atoms with Crippen LogP contribution in [0, 0.1) is 0 Å². The smallest absolute Gasteiger partial charge is 0.180 e. The first-order chi connectivity index (χ1) is 4.50. The third-order valence-electron chi connectivity index (χ3n) is 0.803. The third-order valence-corrected chi connectivity index (χ3v) is 4.26. The second kappa shape index (κ2) is 2.75. The first kappa shape index (κ1) is 8.42. The van der Waals surface area contributed by atoms with E-state index in [0.717, 1.165) is 11.3 Å². The van der Waals surface area contributed by atoms with Crippen molar-refractivity contribution in [3.63, 3.8) is 0 Å². The number of hydrogen-bond acceptors (Lipinski definition) is 3. The summed E-state index contributed by atoms with van der Waals surface area (Å²) in [5, 5.41) is 0. The molecule has 0 amide bonds. The van der Waals surface area contributed by atoms with Crippen molar-refractivity contribution in [3.05, 3.63) is 16.5 Å². The summed E-state index contributed by atoms with van der Waals surface area (Å²) in [4.78, 5) is 0. The summed E-state index contributed by atoms with van der Waals surface area (Å²) in [6.45, 7) is 0. The minimum atomic E-state index is -3.21. The van der Waals surface area contributed by atoms with Gasteiger partial charge >= 0.3 is 0 Å². The standard InChI is InChI=1S/C4H3ClO2S3/c5-3-1-2-4(9-3)10(6,7)8/h1-2H,(H,6,7,8). The van der Waals surface area contributed by atoms with Gasteiger partial charge in [-0.1, -0.05) is 11.6 Å². The second-order valence-electron chi connectivity index (χ2n) is 1.53. The van der Waals surface area contributed by atoms with Crippen molar-refractivity contribution < 1.29 is 8.76 Å². The Bertz CT molecular complexity index is 326. The van der Waals surface area contributed by atoms with E-state index >= 15 is 0 Å². The quantitative estimate of drug-likeness (QED) is 0.777. The van der Waals surface area contributed by atoms with E-state index in [4.69, 9.17) is 16.2 Å². The molecular formula is C4H3ClO2S3. The fraction of sp³-hybridized carbons (Fsp3) is 0. The molecule has 10 heavy (non-hydrogen) atoms. The molecule has 0 aliphatic heterocycles. The Morgan fingerprint density at radius 1 is 1.70 bits per heavy atom. The second-order valence-corrected chi connectivity index (χ2v) is 6.25. The van der Waals surface area contributed by atoms with E-state index in [1.54, 1.807) is 6.07 Å². The summed E-state index contributed by atoms with van der Waals surface area (Å²) >= 11 is 10.8. The molecule has 1 unspecified atom stereocenters. The summed E-state index contributed by atoms with van der Waals surface area (Å²) in [5.41, 5.74) is 0. The van der Waals surface area contributed by atoms with Crippen LogP contribution in [-0.4, -0.2) is 8.76 Å². The SMILES string of the molecule is O=S(O)(=S)c1ccc(Cl)s1. The Morgan fingerprint density at radius 2 is 2.30 bits per heavy atom. The van der Waals surface area contributed by atoms with Crippen LogP contribution in [0.25, 0.3) is 0 Å². The van der Waals surface area contributed by atoms with Crippen LogP contribution in [0.1, 0.15) is 0 Å². The number of hydrogen-bond donors (Lipinski definition) is 1. The summed E-state index contributed by atoms with van der Waals surface area (Å²) in [7, 11) is -3.21. The Balaban J connectivity index is 3.21. The zero-order chi connectivity index (χ0) is 7.78. The molecule has 0 bridgehead atoms. The minimum Gasteiger partial charge on any atom is -0.301 e. The molecule has 1 heterocycles. The number of rotatable bonds is 1. The molecule has 0 radical (unpaired) electrons. The lowest BCUT2D eigenvalue weighted by Gasteiger charge is -1.89. The van der Waals surface area contributed by atoms with Gasteiger partial charge in [-0.3, -0.25) is 0 Å². The van der Waals surface area contributed by atoms with Gasteiger partial charge in [-0.2, -0.15) is 0 Å². The predicted molar refractivity (Wildman–Crippen MR) is 45.7 cm³/mol. The van der Waals surface area contributed by atoms with Crippen LogP contribution < -0.4 is 0 Å². The van der Waals surface area contributed by atoms with Gasteiger partial charge in [0.05, 0.1) is 4.34 Å².